The summed E-state index contributed by atoms with van der Waals surface area (Å²) in [6.45, 7) is 11.0. The molecule has 0 heterocycles. The SMILES string of the molecule is Cc1cc(OC(C)C)ccc1NC1CCCC1(C)C. The standard InChI is InChI=1S/C17H27NO/c1-12(2)19-14-8-9-15(13(3)11-14)18-16-7-6-10-17(16,4)5/h8-9,11-12,16,18H,6-7,10H2,1-5H3. The molecule has 2 heteroatoms. The van der Waals surface area contributed by atoms with Gasteiger partial charge in [0.2, 0.25) is 0 Å². The molecular weight excluding hydrogens is 234 g/mol. The first kappa shape index (κ1) is 14.2. The molecular formula is C17H27NO. The van der Waals surface area contributed by atoms with Gasteiger partial charge in [-0.1, -0.05) is 20.3 Å². The molecule has 0 saturated heterocycles. The maximum absolute atomic E-state index is 5.73. The second-order valence-electron chi connectivity index (χ2n) is 6.72. The van der Waals surface area contributed by atoms with Crippen LogP contribution < -0.4 is 10.1 Å². The van der Waals surface area contributed by atoms with Crippen molar-refractivity contribution in [1.29, 1.82) is 0 Å². The number of nitrogens with one attached hydrogen (secondary N) is 1. The summed E-state index contributed by atoms with van der Waals surface area (Å²) >= 11 is 0. The summed E-state index contributed by atoms with van der Waals surface area (Å²) in [6, 6.07) is 6.94. The van der Waals surface area contributed by atoms with Crippen molar-refractivity contribution < 1.29 is 4.74 Å². The zero-order valence-corrected chi connectivity index (χ0v) is 12.9. The van der Waals surface area contributed by atoms with Gasteiger partial charge >= 0.3 is 0 Å². The number of aryl methyl sites for hydroxylation is 1. The van der Waals surface area contributed by atoms with Gasteiger partial charge in [-0.05, 0) is 62.8 Å². The van der Waals surface area contributed by atoms with Gasteiger partial charge < -0.3 is 10.1 Å². The molecule has 2 nitrogen and oxygen atoms in total. The first-order valence-electron chi connectivity index (χ1n) is 7.42. The van der Waals surface area contributed by atoms with Crippen LogP contribution in [0.2, 0.25) is 0 Å². The normalized spacial score (nSPS) is 21.7. The average molecular weight is 261 g/mol. The summed E-state index contributed by atoms with van der Waals surface area (Å²) in [4.78, 5) is 0. The van der Waals surface area contributed by atoms with Crippen LogP contribution in [-0.2, 0) is 0 Å². The Labute approximate surface area is 117 Å². The Kier molecular flexibility index (Phi) is 4.07. The van der Waals surface area contributed by atoms with Gasteiger partial charge in [-0.25, -0.2) is 0 Å². The first-order valence-corrected chi connectivity index (χ1v) is 7.42. The molecule has 0 spiro atoms. The zero-order chi connectivity index (χ0) is 14.0. The predicted octanol–water partition coefficient (Wildman–Crippen LogP) is 4.77. The number of hydrogen-bond donors (Lipinski definition) is 1. The van der Waals surface area contributed by atoms with Crippen LogP contribution in [0, 0.1) is 12.3 Å². The summed E-state index contributed by atoms with van der Waals surface area (Å²) in [5, 5.41) is 3.72. The Morgan fingerprint density at radius 3 is 2.58 bits per heavy atom. The average Bonchev–Trinajstić information content (AvgIpc) is 2.61. The minimum absolute atomic E-state index is 0.229. The van der Waals surface area contributed by atoms with Crippen LogP contribution >= 0.6 is 0 Å². The van der Waals surface area contributed by atoms with Crippen molar-refractivity contribution in [3.05, 3.63) is 23.8 Å². The summed E-state index contributed by atoms with van der Waals surface area (Å²) in [6.07, 6.45) is 4.15. The molecule has 1 aliphatic carbocycles. The quantitative estimate of drug-likeness (QED) is 0.842. The molecule has 0 bridgehead atoms. The summed E-state index contributed by atoms with van der Waals surface area (Å²) in [5.41, 5.74) is 2.91. The molecule has 0 radical (unpaired) electrons. The second-order valence-corrected chi connectivity index (χ2v) is 6.72. The van der Waals surface area contributed by atoms with E-state index in [1.54, 1.807) is 0 Å². The highest BCUT2D eigenvalue weighted by molar-refractivity contribution is 5.54. The van der Waals surface area contributed by atoms with E-state index in [4.69, 9.17) is 4.74 Å². The van der Waals surface area contributed by atoms with Crippen molar-refractivity contribution in [2.24, 2.45) is 5.41 Å². The van der Waals surface area contributed by atoms with Gasteiger partial charge in [0, 0.05) is 11.7 Å². The minimum Gasteiger partial charge on any atom is -0.491 e. The van der Waals surface area contributed by atoms with E-state index >= 15 is 0 Å². The summed E-state index contributed by atoms with van der Waals surface area (Å²) in [5.74, 6) is 0.962. The first-order chi connectivity index (χ1) is 8.88. The highest BCUT2D eigenvalue weighted by Crippen LogP contribution is 2.39. The fraction of sp³-hybridized carbons (Fsp3) is 0.647. The number of hydrogen-bond acceptors (Lipinski definition) is 2. The van der Waals surface area contributed by atoms with Gasteiger partial charge in [0.25, 0.3) is 0 Å². The summed E-state index contributed by atoms with van der Waals surface area (Å²) in [7, 11) is 0. The lowest BCUT2D eigenvalue weighted by atomic mass is 9.87. The lowest BCUT2D eigenvalue weighted by Crippen LogP contribution is -2.31. The Morgan fingerprint density at radius 2 is 2.05 bits per heavy atom. The van der Waals surface area contributed by atoms with E-state index in [0.29, 0.717) is 11.5 Å². The van der Waals surface area contributed by atoms with Crippen LogP contribution in [-0.4, -0.2) is 12.1 Å². The van der Waals surface area contributed by atoms with Crippen LogP contribution in [0.5, 0.6) is 5.75 Å². The number of benzene rings is 1. The monoisotopic (exact) mass is 261 g/mol. The summed E-state index contributed by atoms with van der Waals surface area (Å²) < 4.78 is 5.73. The number of rotatable bonds is 4. The molecule has 1 aliphatic rings. The molecule has 1 aromatic carbocycles. The van der Waals surface area contributed by atoms with Crippen molar-refractivity contribution in [2.75, 3.05) is 5.32 Å². The second kappa shape index (κ2) is 5.44. The van der Waals surface area contributed by atoms with E-state index in [0.717, 1.165) is 5.75 Å². The zero-order valence-electron chi connectivity index (χ0n) is 12.9. The number of ether oxygens (including phenoxy) is 1. The molecule has 106 valence electrons. The van der Waals surface area contributed by atoms with Gasteiger partial charge in [-0.2, -0.15) is 0 Å². The molecule has 0 aromatic heterocycles. The molecule has 0 amide bonds. The van der Waals surface area contributed by atoms with Gasteiger partial charge in [-0.3, -0.25) is 0 Å². The van der Waals surface area contributed by atoms with Crippen LogP contribution in [0.15, 0.2) is 18.2 Å². The Balaban J connectivity index is 2.09. The van der Waals surface area contributed by atoms with Crippen molar-refractivity contribution in [3.63, 3.8) is 0 Å². The smallest absolute Gasteiger partial charge is 0.120 e. The van der Waals surface area contributed by atoms with E-state index in [1.807, 2.05) is 0 Å². The lowest BCUT2D eigenvalue weighted by Gasteiger charge is -2.29. The van der Waals surface area contributed by atoms with Crippen molar-refractivity contribution in [3.8, 4) is 5.75 Å². The lowest BCUT2D eigenvalue weighted by molar-refractivity contribution is 0.242. The maximum Gasteiger partial charge on any atom is 0.120 e. The van der Waals surface area contributed by atoms with Gasteiger partial charge in [0.05, 0.1) is 6.10 Å². The van der Waals surface area contributed by atoms with Crippen molar-refractivity contribution >= 4 is 5.69 Å². The van der Waals surface area contributed by atoms with E-state index in [2.05, 4.69) is 58.1 Å². The van der Waals surface area contributed by atoms with Crippen molar-refractivity contribution in [2.45, 2.75) is 66.0 Å². The Bertz CT molecular complexity index is 437. The minimum atomic E-state index is 0.229. The largest absolute Gasteiger partial charge is 0.491 e. The third-order valence-corrected chi connectivity index (χ3v) is 4.16. The molecule has 1 fully saturated rings. The van der Waals surface area contributed by atoms with E-state index < -0.39 is 0 Å². The van der Waals surface area contributed by atoms with Crippen LogP contribution in [0.4, 0.5) is 5.69 Å². The number of anilines is 1. The van der Waals surface area contributed by atoms with E-state index in [9.17, 15) is 0 Å². The molecule has 1 aromatic rings. The predicted molar refractivity (Wildman–Crippen MR) is 82.0 cm³/mol. The van der Waals surface area contributed by atoms with Gasteiger partial charge in [0.1, 0.15) is 5.75 Å². The fourth-order valence-corrected chi connectivity index (χ4v) is 2.93. The third-order valence-electron chi connectivity index (χ3n) is 4.16. The van der Waals surface area contributed by atoms with E-state index in [-0.39, 0.29) is 6.10 Å². The van der Waals surface area contributed by atoms with Crippen LogP contribution in [0.25, 0.3) is 0 Å². The highest BCUT2D eigenvalue weighted by atomic mass is 16.5. The third kappa shape index (κ3) is 3.43. The topological polar surface area (TPSA) is 21.3 Å². The molecule has 19 heavy (non-hydrogen) atoms. The van der Waals surface area contributed by atoms with Crippen molar-refractivity contribution in [1.82, 2.24) is 0 Å². The van der Waals surface area contributed by atoms with Gasteiger partial charge in [0.15, 0.2) is 0 Å². The maximum atomic E-state index is 5.73. The Morgan fingerprint density at radius 1 is 1.32 bits per heavy atom. The fourth-order valence-electron chi connectivity index (χ4n) is 2.93. The Hall–Kier alpha value is -1.18. The molecule has 1 atom stereocenters. The molecule has 0 aliphatic heterocycles. The molecule has 1 unspecified atom stereocenters. The van der Waals surface area contributed by atoms with Gasteiger partial charge in [-0.15, -0.1) is 0 Å². The van der Waals surface area contributed by atoms with E-state index in [1.165, 1.54) is 30.5 Å². The van der Waals surface area contributed by atoms with Crippen LogP contribution in [0.3, 0.4) is 0 Å². The molecule has 2 rings (SSSR count). The molecule has 1 N–H and O–H groups in total. The highest BCUT2D eigenvalue weighted by Gasteiger charge is 2.34. The molecule has 1 saturated carbocycles. The van der Waals surface area contributed by atoms with Crippen LogP contribution in [0.1, 0.15) is 52.5 Å².